The van der Waals surface area contributed by atoms with Crippen LogP contribution in [0.3, 0.4) is 0 Å². The highest BCUT2D eigenvalue weighted by Crippen LogP contribution is 2.36. The average Bonchev–Trinajstić information content (AvgIpc) is 3.21. The maximum absolute atomic E-state index is 11.1. The summed E-state index contributed by atoms with van der Waals surface area (Å²) < 4.78 is 10.8. The number of pyridine rings is 1. The zero-order valence-electron chi connectivity index (χ0n) is 18.9. The van der Waals surface area contributed by atoms with Gasteiger partial charge in [-0.2, -0.15) is 0 Å². The largest absolute Gasteiger partial charge is 0.464 e. The van der Waals surface area contributed by atoms with Crippen molar-refractivity contribution in [2.45, 2.75) is 58.0 Å². The van der Waals surface area contributed by atoms with Crippen molar-refractivity contribution in [1.29, 1.82) is 0 Å². The molecule has 0 unspecified atom stereocenters. The Labute approximate surface area is 184 Å². The van der Waals surface area contributed by atoms with Crippen molar-refractivity contribution in [2.24, 2.45) is 17.6 Å². The van der Waals surface area contributed by atoms with Crippen molar-refractivity contribution < 1.29 is 13.9 Å². The van der Waals surface area contributed by atoms with Gasteiger partial charge in [-0.25, -0.2) is 9.78 Å². The van der Waals surface area contributed by atoms with Crippen LogP contribution in [0.4, 0.5) is 10.6 Å². The van der Waals surface area contributed by atoms with E-state index in [-0.39, 0.29) is 0 Å². The fraction of sp³-hybridized carbons (Fsp3) is 0.667. The number of nitrogens with two attached hydrogens (primary N) is 1. The molecule has 7 nitrogen and oxygen atoms in total. The van der Waals surface area contributed by atoms with Crippen molar-refractivity contribution in [1.82, 2.24) is 9.88 Å². The van der Waals surface area contributed by atoms with Crippen LogP contribution in [0.1, 0.15) is 52.4 Å². The smallest absolute Gasteiger partial charge is 0.405 e. The number of rotatable bonds is 7. The van der Waals surface area contributed by atoms with Crippen molar-refractivity contribution in [2.75, 3.05) is 37.6 Å². The van der Waals surface area contributed by atoms with E-state index in [1.54, 1.807) is 6.26 Å². The van der Waals surface area contributed by atoms with Crippen LogP contribution in [-0.4, -0.2) is 54.3 Å². The van der Waals surface area contributed by atoms with Crippen molar-refractivity contribution in [3.63, 3.8) is 0 Å². The number of carbonyl (C=O) groups is 1. The number of fused-ring (bicyclic) bond motifs is 1. The Kier molecular flexibility index (Phi) is 6.70. The van der Waals surface area contributed by atoms with Gasteiger partial charge in [0, 0.05) is 32.4 Å². The molecule has 3 heterocycles. The zero-order chi connectivity index (χ0) is 21.8. The normalized spacial score (nSPS) is 23.2. The fourth-order valence-corrected chi connectivity index (χ4v) is 5.41. The molecule has 7 heteroatoms. The topological polar surface area (TPSA) is 84.8 Å². The molecule has 1 aliphatic heterocycles. The van der Waals surface area contributed by atoms with E-state index in [0.717, 1.165) is 55.3 Å². The van der Waals surface area contributed by atoms with E-state index in [4.69, 9.17) is 14.9 Å². The number of anilines is 1. The fourth-order valence-electron chi connectivity index (χ4n) is 5.41. The first-order valence-electron chi connectivity index (χ1n) is 11.7. The summed E-state index contributed by atoms with van der Waals surface area (Å²) in [4.78, 5) is 20.7. The first-order valence-corrected chi connectivity index (χ1v) is 11.7. The van der Waals surface area contributed by atoms with Crippen LogP contribution in [-0.2, 0) is 4.74 Å². The number of furan rings is 1. The maximum atomic E-state index is 11.1. The second kappa shape index (κ2) is 9.47. The van der Waals surface area contributed by atoms with Gasteiger partial charge in [-0.05, 0) is 57.2 Å². The van der Waals surface area contributed by atoms with Gasteiger partial charge in [-0.15, -0.1) is 0 Å². The van der Waals surface area contributed by atoms with Gasteiger partial charge in [0.1, 0.15) is 17.0 Å². The van der Waals surface area contributed by atoms with Crippen LogP contribution in [0.25, 0.3) is 11.0 Å². The van der Waals surface area contributed by atoms with Crippen LogP contribution in [0.15, 0.2) is 29.0 Å². The standard InChI is InChI=1S/C24H36N4O3/c1-24(2,31-23(25)29)17-19-5-3-18(4-6-19)8-11-27-12-14-28(15-13-27)22-20-9-16-30-21(20)7-10-26-22/h7,9-10,16,18-19H,3-6,8,11-15,17H2,1-2H3,(H2,25,29). The second-order valence-corrected chi connectivity index (χ2v) is 9.86. The van der Waals surface area contributed by atoms with Crippen molar-refractivity contribution >= 4 is 22.9 Å². The van der Waals surface area contributed by atoms with E-state index in [0.29, 0.717) is 5.92 Å². The van der Waals surface area contributed by atoms with E-state index in [1.165, 1.54) is 38.6 Å². The molecule has 170 valence electrons. The molecule has 0 spiro atoms. The molecule has 2 aromatic rings. The van der Waals surface area contributed by atoms with E-state index >= 15 is 0 Å². The van der Waals surface area contributed by atoms with E-state index in [1.807, 2.05) is 32.2 Å². The van der Waals surface area contributed by atoms with Gasteiger partial charge in [0.15, 0.2) is 0 Å². The predicted octanol–water partition coefficient (Wildman–Crippen LogP) is 4.41. The number of hydrogen-bond acceptors (Lipinski definition) is 6. The molecule has 1 aliphatic carbocycles. The molecule has 0 radical (unpaired) electrons. The van der Waals surface area contributed by atoms with Crippen LogP contribution in [0.2, 0.25) is 0 Å². The number of amides is 1. The summed E-state index contributed by atoms with van der Waals surface area (Å²) in [6, 6.07) is 3.94. The highest BCUT2D eigenvalue weighted by molar-refractivity contribution is 5.88. The third-order valence-corrected chi connectivity index (χ3v) is 7.01. The first-order chi connectivity index (χ1) is 14.9. The van der Waals surface area contributed by atoms with Crippen LogP contribution in [0.5, 0.6) is 0 Å². The monoisotopic (exact) mass is 428 g/mol. The second-order valence-electron chi connectivity index (χ2n) is 9.86. The minimum absolute atomic E-state index is 0.460. The molecule has 1 saturated carbocycles. The number of aromatic nitrogens is 1. The molecule has 1 saturated heterocycles. The van der Waals surface area contributed by atoms with E-state index in [2.05, 4.69) is 14.8 Å². The minimum atomic E-state index is -0.670. The first kappa shape index (κ1) is 21.9. The Morgan fingerprint density at radius 3 is 2.58 bits per heavy atom. The summed E-state index contributed by atoms with van der Waals surface area (Å²) in [7, 11) is 0. The Hall–Kier alpha value is -2.28. The van der Waals surface area contributed by atoms with Gasteiger partial charge in [-0.1, -0.05) is 25.7 Å². The lowest BCUT2D eigenvalue weighted by Crippen LogP contribution is -2.47. The molecule has 0 atom stereocenters. The zero-order valence-corrected chi connectivity index (χ0v) is 18.9. The highest BCUT2D eigenvalue weighted by Gasteiger charge is 2.30. The predicted molar refractivity (Wildman–Crippen MR) is 122 cm³/mol. The number of hydrogen-bond donors (Lipinski definition) is 1. The summed E-state index contributed by atoms with van der Waals surface area (Å²) in [5, 5.41) is 1.11. The Bertz CT molecular complexity index is 865. The molecular formula is C24H36N4O3. The summed E-state index contributed by atoms with van der Waals surface area (Å²) in [6.45, 7) is 9.31. The minimum Gasteiger partial charge on any atom is -0.464 e. The SMILES string of the molecule is CC(C)(CC1CCC(CCN2CCN(c3nccc4occc34)CC2)CC1)OC(N)=O. The summed E-state index contributed by atoms with van der Waals surface area (Å²) in [5.41, 5.74) is 5.65. The highest BCUT2D eigenvalue weighted by atomic mass is 16.6. The van der Waals surface area contributed by atoms with Crippen LogP contribution >= 0.6 is 0 Å². The number of ether oxygens (including phenoxy) is 1. The van der Waals surface area contributed by atoms with Gasteiger partial charge >= 0.3 is 6.09 Å². The van der Waals surface area contributed by atoms with E-state index < -0.39 is 11.7 Å². The third-order valence-electron chi connectivity index (χ3n) is 7.01. The van der Waals surface area contributed by atoms with Crippen LogP contribution in [0, 0.1) is 11.8 Å². The lowest BCUT2D eigenvalue weighted by Gasteiger charge is -2.37. The molecule has 1 amide bonds. The summed E-state index contributed by atoms with van der Waals surface area (Å²) in [6.07, 6.45) is 10.1. The lowest BCUT2D eigenvalue weighted by molar-refractivity contribution is 0.0193. The number of piperazine rings is 1. The quantitative estimate of drug-likeness (QED) is 0.703. The van der Waals surface area contributed by atoms with Crippen molar-refractivity contribution in [3.05, 3.63) is 24.6 Å². The number of primary amides is 1. The van der Waals surface area contributed by atoms with Gasteiger partial charge in [0.25, 0.3) is 0 Å². The average molecular weight is 429 g/mol. The van der Waals surface area contributed by atoms with E-state index in [9.17, 15) is 4.79 Å². The summed E-state index contributed by atoms with van der Waals surface area (Å²) >= 11 is 0. The molecule has 2 N–H and O–H groups in total. The molecule has 2 aliphatic rings. The van der Waals surface area contributed by atoms with Gasteiger partial charge < -0.3 is 19.8 Å². The lowest BCUT2D eigenvalue weighted by atomic mass is 9.76. The Morgan fingerprint density at radius 1 is 1.16 bits per heavy atom. The Morgan fingerprint density at radius 2 is 1.87 bits per heavy atom. The molecular weight excluding hydrogens is 392 g/mol. The van der Waals surface area contributed by atoms with Crippen molar-refractivity contribution in [3.8, 4) is 0 Å². The Balaban J connectivity index is 1.17. The summed E-state index contributed by atoms with van der Waals surface area (Å²) in [5.74, 6) is 2.50. The number of carbonyl (C=O) groups excluding carboxylic acids is 1. The maximum Gasteiger partial charge on any atom is 0.405 e. The molecule has 0 aromatic carbocycles. The third kappa shape index (κ3) is 5.70. The van der Waals surface area contributed by atoms with Crippen LogP contribution < -0.4 is 10.6 Å². The van der Waals surface area contributed by atoms with Gasteiger partial charge in [0.05, 0.1) is 11.6 Å². The molecule has 4 rings (SSSR count). The van der Waals surface area contributed by atoms with Gasteiger partial charge in [0.2, 0.25) is 0 Å². The molecule has 2 aromatic heterocycles. The number of nitrogens with zero attached hydrogens (tertiary/aromatic N) is 3. The molecule has 0 bridgehead atoms. The molecule has 2 fully saturated rings. The molecule has 31 heavy (non-hydrogen) atoms. The van der Waals surface area contributed by atoms with Gasteiger partial charge in [-0.3, -0.25) is 4.90 Å².